The number of hydrogen-bond acceptors (Lipinski definition) is 4. The Morgan fingerprint density at radius 3 is 2.67 bits per heavy atom. The van der Waals surface area contributed by atoms with Gasteiger partial charge >= 0.3 is 0 Å². The third-order valence-electron chi connectivity index (χ3n) is 3.02. The second-order valence-electron chi connectivity index (χ2n) is 4.43. The van der Waals surface area contributed by atoms with Gasteiger partial charge in [-0.25, -0.2) is 0 Å². The number of fused-ring (bicyclic) bond motifs is 1. The molecule has 0 bridgehead atoms. The van der Waals surface area contributed by atoms with Gasteiger partial charge in [0, 0.05) is 27.6 Å². The summed E-state index contributed by atoms with van der Waals surface area (Å²) in [5, 5.41) is 11.3. The highest BCUT2D eigenvalue weighted by Crippen LogP contribution is 2.26. The number of nitrogens with zero attached hydrogens (tertiary/aromatic N) is 1. The third kappa shape index (κ3) is 2.57. The van der Waals surface area contributed by atoms with Crippen LogP contribution in [0, 0.1) is 10.1 Å². The molecule has 5 nitrogen and oxygen atoms in total. The smallest absolute Gasteiger partial charge is 0.270 e. The molecule has 1 aromatic heterocycles. The Kier molecular flexibility index (Phi) is 3.31. The van der Waals surface area contributed by atoms with Gasteiger partial charge in [-0.1, -0.05) is 28.1 Å². The minimum atomic E-state index is -0.484. The predicted molar refractivity (Wildman–Crippen MR) is 80.4 cm³/mol. The van der Waals surface area contributed by atoms with Gasteiger partial charge in [-0.2, -0.15) is 0 Å². The van der Waals surface area contributed by atoms with Crippen LogP contribution < -0.4 is 0 Å². The van der Waals surface area contributed by atoms with Crippen LogP contribution in [0.4, 0.5) is 5.69 Å². The summed E-state index contributed by atoms with van der Waals surface area (Å²) in [6.07, 6.45) is 0. The van der Waals surface area contributed by atoms with Crippen molar-refractivity contribution < 1.29 is 14.1 Å². The van der Waals surface area contributed by atoms with E-state index in [1.807, 2.05) is 6.07 Å². The summed E-state index contributed by atoms with van der Waals surface area (Å²) in [4.78, 5) is 22.6. The highest BCUT2D eigenvalue weighted by atomic mass is 79.9. The highest BCUT2D eigenvalue weighted by Gasteiger charge is 2.16. The molecule has 21 heavy (non-hydrogen) atoms. The molecule has 0 N–H and O–H groups in total. The van der Waals surface area contributed by atoms with Gasteiger partial charge in [0.05, 0.1) is 4.92 Å². The predicted octanol–water partition coefficient (Wildman–Crippen LogP) is 4.33. The van der Waals surface area contributed by atoms with E-state index >= 15 is 0 Å². The molecule has 3 aromatic rings. The van der Waals surface area contributed by atoms with Gasteiger partial charge in [0.15, 0.2) is 5.76 Å². The van der Waals surface area contributed by atoms with Crippen molar-refractivity contribution in [2.75, 3.05) is 0 Å². The molecule has 1 heterocycles. The summed E-state index contributed by atoms with van der Waals surface area (Å²) in [6, 6.07) is 12.7. The average Bonchev–Trinajstić information content (AvgIpc) is 2.89. The Bertz CT molecular complexity index is 869. The average molecular weight is 346 g/mol. The van der Waals surface area contributed by atoms with Gasteiger partial charge in [0.1, 0.15) is 5.58 Å². The van der Waals surface area contributed by atoms with Crippen LogP contribution >= 0.6 is 15.9 Å². The molecule has 0 atom stereocenters. The van der Waals surface area contributed by atoms with Crippen molar-refractivity contribution in [3.05, 3.63) is 74.4 Å². The number of nitro groups is 1. The number of ketones is 1. The molecule has 0 fully saturated rings. The number of benzene rings is 2. The number of non-ortho nitro benzene ring substituents is 1. The zero-order valence-corrected chi connectivity index (χ0v) is 12.2. The molecule has 0 saturated carbocycles. The number of furan rings is 1. The van der Waals surface area contributed by atoms with E-state index in [2.05, 4.69) is 15.9 Å². The first-order valence-corrected chi connectivity index (χ1v) is 6.82. The molecule has 0 radical (unpaired) electrons. The first kappa shape index (κ1) is 13.5. The molecule has 104 valence electrons. The van der Waals surface area contributed by atoms with Crippen molar-refractivity contribution in [2.24, 2.45) is 0 Å². The van der Waals surface area contributed by atoms with Gasteiger partial charge in [-0.15, -0.1) is 0 Å². The summed E-state index contributed by atoms with van der Waals surface area (Å²) < 4.78 is 6.26. The van der Waals surface area contributed by atoms with E-state index < -0.39 is 4.92 Å². The number of hydrogen-bond donors (Lipinski definition) is 0. The first-order chi connectivity index (χ1) is 10.0. The van der Waals surface area contributed by atoms with Gasteiger partial charge in [-0.05, 0) is 24.3 Å². The second-order valence-corrected chi connectivity index (χ2v) is 5.35. The number of rotatable bonds is 3. The van der Waals surface area contributed by atoms with E-state index in [0.717, 1.165) is 4.47 Å². The number of nitro benzene ring substituents is 1. The fourth-order valence-corrected chi connectivity index (χ4v) is 2.43. The Morgan fingerprint density at radius 2 is 1.95 bits per heavy atom. The van der Waals surface area contributed by atoms with Crippen molar-refractivity contribution in [3.8, 4) is 0 Å². The van der Waals surface area contributed by atoms with E-state index in [0.29, 0.717) is 16.5 Å². The van der Waals surface area contributed by atoms with Crippen LogP contribution in [0.15, 0.2) is 57.4 Å². The lowest BCUT2D eigenvalue weighted by atomic mass is 10.1. The summed E-state index contributed by atoms with van der Waals surface area (Å²) in [6.45, 7) is 0. The second kappa shape index (κ2) is 5.14. The minimum absolute atomic E-state index is 0.0373. The van der Waals surface area contributed by atoms with Crippen molar-refractivity contribution in [3.63, 3.8) is 0 Å². The number of carbonyl (C=O) groups is 1. The van der Waals surface area contributed by atoms with E-state index in [1.165, 1.54) is 24.3 Å². The molecule has 0 aliphatic heterocycles. The number of carbonyl (C=O) groups excluding carboxylic acids is 1. The van der Waals surface area contributed by atoms with E-state index in [4.69, 9.17) is 4.42 Å². The quantitative estimate of drug-likeness (QED) is 0.402. The molecule has 2 aromatic carbocycles. The molecular formula is C15H8BrNO4. The molecule has 0 unspecified atom stereocenters. The largest absolute Gasteiger partial charge is 0.453 e. The van der Waals surface area contributed by atoms with E-state index in [-0.39, 0.29) is 17.2 Å². The van der Waals surface area contributed by atoms with Crippen LogP contribution in [0.1, 0.15) is 16.1 Å². The normalized spacial score (nSPS) is 10.7. The fraction of sp³-hybridized carbons (Fsp3) is 0. The van der Waals surface area contributed by atoms with Gasteiger partial charge < -0.3 is 4.42 Å². The molecule has 0 saturated heterocycles. The lowest BCUT2D eigenvalue weighted by Crippen LogP contribution is -1.98. The Morgan fingerprint density at radius 1 is 1.14 bits per heavy atom. The molecule has 0 aliphatic carbocycles. The van der Waals surface area contributed by atoms with Crippen molar-refractivity contribution in [2.45, 2.75) is 0 Å². The van der Waals surface area contributed by atoms with Crippen molar-refractivity contribution in [1.29, 1.82) is 0 Å². The monoisotopic (exact) mass is 345 g/mol. The Balaban J connectivity index is 2.04. The lowest BCUT2D eigenvalue weighted by molar-refractivity contribution is -0.384. The maximum absolute atomic E-state index is 12.3. The van der Waals surface area contributed by atoms with Crippen LogP contribution in [0.2, 0.25) is 0 Å². The summed E-state index contributed by atoms with van der Waals surface area (Å²) >= 11 is 3.31. The van der Waals surface area contributed by atoms with Gasteiger partial charge in [-0.3, -0.25) is 14.9 Å². The van der Waals surface area contributed by atoms with Gasteiger partial charge in [0.2, 0.25) is 5.78 Å². The number of halogens is 1. The van der Waals surface area contributed by atoms with Crippen LogP contribution in [-0.2, 0) is 0 Å². The van der Waals surface area contributed by atoms with Crippen molar-refractivity contribution >= 4 is 38.4 Å². The van der Waals surface area contributed by atoms with E-state index in [9.17, 15) is 14.9 Å². The SMILES string of the molecule is O=C(c1cccc(Br)c1)c1cc2cc([N+](=O)[O-])ccc2o1. The zero-order chi connectivity index (χ0) is 15.0. The Hall–Kier alpha value is -2.47. The topological polar surface area (TPSA) is 73.3 Å². The lowest BCUT2D eigenvalue weighted by Gasteiger charge is -1.97. The zero-order valence-electron chi connectivity index (χ0n) is 10.6. The Labute approximate surface area is 127 Å². The summed E-state index contributed by atoms with van der Waals surface area (Å²) in [5.41, 5.74) is 0.890. The fourth-order valence-electron chi connectivity index (χ4n) is 2.03. The van der Waals surface area contributed by atoms with Crippen LogP contribution in [0.3, 0.4) is 0 Å². The van der Waals surface area contributed by atoms with Crippen molar-refractivity contribution in [1.82, 2.24) is 0 Å². The molecule has 0 spiro atoms. The molecule has 3 rings (SSSR count). The molecule has 0 amide bonds. The van der Waals surface area contributed by atoms with Gasteiger partial charge in [0.25, 0.3) is 5.69 Å². The van der Waals surface area contributed by atoms with Crippen LogP contribution in [0.25, 0.3) is 11.0 Å². The summed E-state index contributed by atoms with van der Waals surface area (Å²) in [7, 11) is 0. The first-order valence-electron chi connectivity index (χ1n) is 6.03. The van der Waals surface area contributed by atoms with E-state index in [1.54, 1.807) is 18.2 Å². The molecule has 0 aliphatic rings. The highest BCUT2D eigenvalue weighted by molar-refractivity contribution is 9.10. The maximum Gasteiger partial charge on any atom is 0.270 e. The van der Waals surface area contributed by atoms with Crippen LogP contribution in [0.5, 0.6) is 0 Å². The summed E-state index contributed by atoms with van der Waals surface area (Å²) in [5.74, 6) is -0.112. The molecule has 6 heteroatoms. The van der Waals surface area contributed by atoms with Crippen LogP contribution in [-0.4, -0.2) is 10.7 Å². The standard InChI is InChI=1S/C15H8BrNO4/c16-11-3-1-2-9(6-11)15(18)14-8-10-7-12(17(19)20)4-5-13(10)21-14/h1-8H. The minimum Gasteiger partial charge on any atom is -0.453 e. The maximum atomic E-state index is 12.3. The molecular weight excluding hydrogens is 338 g/mol. The third-order valence-corrected chi connectivity index (χ3v) is 3.51.